The molecule has 1 heterocycles. The summed E-state index contributed by atoms with van der Waals surface area (Å²) in [4.78, 5) is 44.6. The van der Waals surface area contributed by atoms with Gasteiger partial charge in [-0.3, -0.25) is 10.1 Å². The highest BCUT2D eigenvalue weighted by molar-refractivity contribution is 5.69. The van der Waals surface area contributed by atoms with Gasteiger partial charge in [0, 0.05) is 46.7 Å². The topological polar surface area (TPSA) is 142 Å². The van der Waals surface area contributed by atoms with E-state index in [9.17, 15) is 4.79 Å². The lowest BCUT2D eigenvalue weighted by molar-refractivity contribution is -0.286. The van der Waals surface area contributed by atoms with Crippen molar-refractivity contribution in [1.82, 2.24) is 10.2 Å². The van der Waals surface area contributed by atoms with Crippen LogP contribution in [0.1, 0.15) is 251 Å². The maximum atomic E-state index is 12.6. The third-order valence-electron chi connectivity index (χ3n) is 13.8. The van der Waals surface area contributed by atoms with Crippen LogP contribution in [0.5, 0.6) is 0 Å². The number of esters is 1. The van der Waals surface area contributed by atoms with E-state index in [4.69, 9.17) is 52.8 Å². The molecule has 0 radical (unpaired) electrons. The molecule has 84 heavy (non-hydrogen) atoms. The van der Waals surface area contributed by atoms with Crippen LogP contribution >= 0.6 is 0 Å². The molecule has 1 aliphatic heterocycles. The average molecular weight is 1200 g/mol. The summed E-state index contributed by atoms with van der Waals surface area (Å²) < 4.78 is 34.5. The van der Waals surface area contributed by atoms with E-state index in [0.29, 0.717) is 79.0 Å². The summed E-state index contributed by atoms with van der Waals surface area (Å²) in [6.45, 7) is 33.9. The van der Waals surface area contributed by atoms with E-state index >= 15 is 0 Å². The lowest BCUT2D eigenvalue weighted by Crippen LogP contribution is -2.31. The maximum Gasteiger partial charge on any atom is 0.305 e. The first-order chi connectivity index (χ1) is 40.5. The van der Waals surface area contributed by atoms with Crippen molar-refractivity contribution in [2.45, 2.75) is 250 Å². The summed E-state index contributed by atoms with van der Waals surface area (Å²) in [5.41, 5.74) is 8.34. The Hall–Kier alpha value is -2.86. The fourth-order valence-electron chi connectivity index (χ4n) is 8.58. The van der Waals surface area contributed by atoms with Crippen molar-refractivity contribution >= 4 is 12.8 Å². The Labute approximate surface area is 518 Å². The number of nitrogens with zero attached hydrogens (tertiary/aromatic N) is 1. The zero-order chi connectivity index (χ0) is 61.3. The molecule has 0 aromatic rings. The van der Waals surface area contributed by atoms with Crippen molar-refractivity contribution < 1.29 is 59.0 Å². The summed E-state index contributed by atoms with van der Waals surface area (Å²) in [5, 5.41) is 3.32. The van der Waals surface area contributed by atoms with E-state index < -0.39 is 0 Å². The van der Waals surface area contributed by atoms with Gasteiger partial charge in [0.15, 0.2) is 0 Å². The van der Waals surface area contributed by atoms with E-state index in [0.717, 1.165) is 129 Å². The van der Waals surface area contributed by atoms with Crippen LogP contribution in [0.4, 0.5) is 0 Å². The molecule has 14 heteroatoms. The third-order valence-corrected chi connectivity index (χ3v) is 13.8. The Morgan fingerprint density at radius 1 is 0.476 bits per heavy atom. The SMILES string of the molecule is C.C=O.CC(C)=CCC/C(C)=C/CC/C(C)=C/COOCCCCCCCOCOCC(COCOCCCCCCCOOC/C=C(\C)CC/C=C(\C)CCC=C(C)C)COC(=O)CCCOCNCCN1CCCC1.CCCCCCC.[HH]. The van der Waals surface area contributed by atoms with Gasteiger partial charge in [0.2, 0.25) is 0 Å². The molecule has 496 valence electrons. The van der Waals surface area contributed by atoms with Crippen molar-refractivity contribution in [1.29, 1.82) is 0 Å². The normalized spacial score (nSPS) is 13.4. The molecule has 0 bridgehead atoms. The monoisotopic (exact) mass is 1190 g/mol. The Morgan fingerprint density at radius 3 is 1.33 bits per heavy atom. The highest BCUT2D eigenvalue weighted by atomic mass is 17.2. The minimum Gasteiger partial charge on any atom is -0.465 e. The minimum atomic E-state index is -0.247. The number of carbonyl (C=O) groups excluding carboxylic acids is 2. The van der Waals surface area contributed by atoms with Crippen molar-refractivity contribution in [3.8, 4) is 0 Å². The summed E-state index contributed by atoms with van der Waals surface area (Å²) in [6.07, 6.45) is 43.2. The van der Waals surface area contributed by atoms with Crippen molar-refractivity contribution in [2.24, 2.45) is 5.92 Å². The number of hydrogen-bond acceptors (Lipinski definition) is 14. The van der Waals surface area contributed by atoms with Gasteiger partial charge in [0.25, 0.3) is 0 Å². The second-order valence-electron chi connectivity index (χ2n) is 22.8. The van der Waals surface area contributed by atoms with Crippen LogP contribution in [-0.4, -0.2) is 130 Å². The zero-order valence-corrected chi connectivity index (χ0v) is 55.2. The summed E-state index contributed by atoms with van der Waals surface area (Å²) in [6, 6.07) is 0. The molecule has 14 nitrogen and oxygen atoms in total. The van der Waals surface area contributed by atoms with E-state index in [1.807, 2.05) is 6.79 Å². The molecule has 0 aromatic heterocycles. The number of rotatable bonds is 57. The number of carbonyl (C=O) groups is 2. The Kier molecular flexibility index (Phi) is 70.4. The van der Waals surface area contributed by atoms with Crippen LogP contribution in [0.15, 0.2) is 69.9 Å². The molecular weight excluding hydrogens is 1060 g/mol. The fourth-order valence-corrected chi connectivity index (χ4v) is 8.58. The molecule has 0 amide bonds. The van der Waals surface area contributed by atoms with E-state index in [2.05, 4.69) is 116 Å². The van der Waals surface area contributed by atoms with Crippen LogP contribution in [-0.2, 0) is 57.6 Å². The van der Waals surface area contributed by atoms with Gasteiger partial charge in [-0.2, -0.15) is 0 Å². The van der Waals surface area contributed by atoms with E-state index in [-0.39, 0.29) is 40.9 Å². The van der Waals surface area contributed by atoms with Gasteiger partial charge in [0.05, 0.1) is 39.8 Å². The number of ether oxygens (including phenoxy) is 6. The number of likely N-dealkylation sites (tertiary alicyclic amines) is 1. The van der Waals surface area contributed by atoms with Gasteiger partial charge >= 0.3 is 5.97 Å². The summed E-state index contributed by atoms with van der Waals surface area (Å²) in [7, 11) is 0. The second kappa shape index (κ2) is 69.2. The molecule has 0 aromatic carbocycles. The van der Waals surface area contributed by atoms with Crippen LogP contribution in [0, 0.1) is 5.92 Å². The molecule has 0 unspecified atom stereocenters. The van der Waals surface area contributed by atoms with Gasteiger partial charge in [-0.15, -0.1) is 0 Å². The van der Waals surface area contributed by atoms with Gasteiger partial charge in [-0.05, 0) is 165 Å². The molecular formula is C70H134N2O12. The minimum absolute atomic E-state index is 0. The highest BCUT2D eigenvalue weighted by Crippen LogP contribution is 2.14. The number of hydrogen-bond donors (Lipinski definition) is 1. The molecule has 1 N–H and O–H groups in total. The second-order valence-corrected chi connectivity index (χ2v) is 22.8. The zero-order valence-electron chi connectivity index (χ0n) is 55.2. The lowest BCUT2D eigenvalue weighted by Gasteiger charge is -2.18. The fraction of sp³-hybridized carbons (Fsp3) is 0.800. The van der Waals surface area contributed by atoms with Crippen molar-refractivity contribution in [3.05, 3.63) is 69.9 Å². The molecule has 1 aliphatic rings. The molecule has 1 rings (SSSR count). The quantitative estimate of drug-likeness (QED) is 0.0154. The first-order valence-electron chi connectivity index (χ1n) is 32.6. The Balaban J connectivity index is -0.00000276. The van der Waals surface area contributed by atoms with Crippen LogP contribution in [0.3, 0.4) is 0 Å². The van der Waals surface area contributed by atoms with Gasteiger partial charge in [0.1, 0.15) is 33.6 Å². The molecule has 0 atom stereocenters. The Bertz CT molecular complexity index is 1520. The van der Waals surface area contributed by atoms with E-state index in [1.54, 1.807) is 0 Å². The molecule has 0 spiro atoms. The summed E-state index contributed by atoms with van der Waals surface area (Å²) >= 11 is 0. The highest BCUT2D eigenvalue weighted by Gasteiger charge is 2.14. The Morgan fingerprint density at radius 2 is 0.881 bits per heavy atom. The molecule has 1 fully saturated rings. The van der Waals surface area contributed by atoms with Crippen LogP contribution in [0.25, 0.3) is 0 Å². The first kappa shape index (κ1) is 85.3. The predicted octanol–water partition coefficient (Wildman–Crippen LogP) is 17.9. The van der Waals surface area contributed by atoms with Gasteiger partial charge in [-0.1, -0.05) is 162 Å². The largest absolute Gasteiger partial charge is 0.465 e. The standard InChI is InChI=1S/C61H110N2O11.C7H16.CH2O.CH4.H2/c1-54(2)26-21-28-56(5)30-23-32-58(7)35-46-73-71-44-19-13-9-11-17-41-66-52-68-48-60(50-70-61(64)34-25-43-65-51-62-37-40-63-38-15-16-39-63)49-69-53-67-42-18-12-10-14-20-45-72-74-47-36-59(8)33-24-31-57(6)29-22-27-55(3)4;1-3-5-7-6-4-2;1-2;;/h26-27,30-31,35-36,60,62H,9-25,28-29,32-34,37-53H2,1-8H3;3-7H2,1-2H3;1H2;1H4;1H/b56-30+,57-31+,58-35+,59-36+;;;;. The maximum absolute atomic E-state index is 12.6. The van der Waals surface area contributed by atoms with Crippen LogP contribution < -0.4 is 5.32 Å². The average Bonchev–Trinajstić information content (AvgIpc) is 4.02. The predicted molar refractivity (Wildman–Crippen MR) is 353 cm³/mol. The summed E-state index contributed by atoms with van der Waals surface area (Å²) in [5.74, 6) is -0.388. The van der Waals surface area contributed by atoms with Gasteiger partial charge in [-0.25, -0.2) is 19.6 Å². The molecule has 0 aliphatic carbocycles. The number of allylic oxidation sites excluding steroid dienone is 10. The molecule has 0 saturated carbocycles. The van der Waals surface area contributed by atoms with Gasteiger partial charge < -0.3 is 38.1 Å². The first-order valence-corrected chi connectivity index (χ1v) is 32.6. The molecule has 1 saturated heterocycles. The third kappa shape index (κ3) is 68.3. The van der Waals surface area contributed by atoms with Crippen LogP contribution in [0.2, 0.25) is 0 Å². The van der Waals surface area contributed by atoms with Crippen molar-refractivity contribution in [3.63, 3.8) is 0 Å². The number of nitrogens with one attached hydrogen (secondary N) is 1. The number of unbranched alkanes of at least 4 members (excludes halogenated alkanes) is 12. The van der Waals surface area contributed by atoms with Crippen molar-refractivity contribution in [2.75, 3.05) is 113 Å². The van der Waals surface area contributed by atoms with E-state index in [1.165, 1.54) is 91.5 Å². The lowest BCUT2D eigenvalue weighted by atomic mass is 10.1. The smallest absolute Gasteiger partial charge is 0.305 e.